The second-order valence-corrected chi connectivity index (χ2v) is 7.06. The molecular weight excluding hydrogens is 332 g/mol. The molecule has 1 atom stereocenters. The topological polar surface area (TPSA) is 95.7 Å². The summed E-state index contributed by atoms with van der Waals surface area (Å²) in [6.07, 6.45) is 0.918. The van der Waals surface area contributed by atoms with E-state index in [-0.39, 0.29) is 43.1 Å². The average molecular weight is 360 g/mol. The number of amides is 3. The molecule has 1 unspecified atom stereocenters. The van der Waals surface area contributed by atoms with Crippen LogP contribution in [-0.2, 0) is 14.4 Å². The van der Waals surface area contributed by atoms with Crippen LogP contribution in [0.5, 0.6) is 0 Å². The van der Waals surface area contributed by atoms with Crippen molar-refractivity contribution in [2.75, 3.05) is 30.4 Å². The zero-order chi connectivity index (χ0) is 19.3. The fourth-order valence-corrected chi connectivity index (χ4v) is 2.80. The summed E-state index contributed by atoms with van der Waals surface area (Å²) in [6, 6.07) is 7.20. The second-order valence-electron chi connectivity index (χ2n) is 7.06. The van der Waals surface area contributed by atoms with Gasteiger partial charge in [0.2, 0.25) is 17.7 Å². The van der Waals surface area contributed by atoms with Crippen LogP contribution in [0.2, 0.25) is 0 Å². The van der Waals surface area contributed by atoms with E-state index in [0.29, 0.717) is 23.8 Å². The molecule has 1 aromatic carbocycles. The van der Waals surface area contributed by atoms with E-state index in [1.807, 2.05) is 6.07 Å². The molecule has 1 aliphatic heterocycles. The van der Waals surface area contributed by atoms with Crippen LogP contribution in [0.15, 0.2) is 24.3 Å². The molecule has 0 aromatic heterocycles. The van der Waals surface area contributed by atoms with Gasteiger partial charge in [-0.1, -0.05) is 26.0 Å². The third-order valence-electron chi connectivity index (χ3n) is 4.70. The normalized spacial score (nSPS) is 14.7. The summed E-state index contributed by atoms with van der Waals surface area (Å²) in [6.45, 7) is 4.65. The van der Waals surface area contributed by atoms with Gasteiger partial charge in [-0.2, -0.15) is 0 Å². The van der Waals surface area contributed by atoms with Crippen LogP contribution >= 0.6 is 0 Å². The highest BCUT2D eigenvalue weighted by Gasteiger charge is 2.27. The van der Waals surface area contributed by atoms with Gasteiger partial charge in [0.05, 0.1) is 11.4 Å². The Labute approximate surface area is 154 Å². The molecule has 1 aromatic rings. The maximum atomic E-state index is 12.5. The zero-order valence-electron chi connectivity index (χ0n) is 15.7. The van der Waals surface area contributed by atoms with Gasteiger partial charge >= 0.3 is 0 Å². The zero-order valence-corrected chi connectivity index (χ0v) is 15.7. The molecule has 0 aliphatic carbocycles. The Balaban J connectivity index is 1.88. The minimum Gasteiger partial charge on any atom is -0.346 e. The molecule has 0 bridgehead atoms. The summed E-state index contributed by atoms with van der Waals surface area (Å²) in [5.74, 6) is -0.189. The minimum absolute atomic E-state index is 0.0247. The maximum absolute atomic E-state index is 12.5. The molecular formula is C19H28N4O3. The number of para-hydroxylation sites is 2. The van der Waals surface area contributed by atoms with Gasteiger partial charge in [-0.15, -0.1) is 0 Å². The van der Waals surface area contributed by atoms with Crippen molar-refractivity contribution < 1.29 is 14.4 Å². The van der Waals surface area contributed by atoms with E-state index in [4.69, 9.17) is 5.73 Å². The van der Waals surface area contributed by atoms with E-state index >= 15 is 0 Å². The predicted octanol–water partition coefficient (Wildman–Crippen LogP) is 1.58. The first kappa shape index (κ1) is 19.9. The van der Waals surface area contributed by atoms with Gasteiger partial charge in [0.15, 0.2) is 0 Å². The lowest BCUT2D eigenvalue weighted by Crippen LogP contribution is -2.42. The van der Waals surface area contributed by atoms with Crippen LogP contribution in [0.4, 0.5) is 11.4 Å². The van der Waals surface area contributed by atoms with E-state index < -0.39 is 0 Å². The summed E-state index contributed by atoms with van der Waals surface area (Å²) in [5, 5.41) is 2.74. The van der Waals surface area contributed by atoms with Crippen molar-refractivity contribution in [3.8, 4) is 0 Å². The molecule has 0 saturated carbocycles. The summed E-state index contributed by atoms with van der Waals surface area (Å²) in [4.78, 5) is 39.7. The fraction of sp³-hybridized carbons (Fsp3) is 0.526. The molecule has 1 aliphatic rings. The monoisotopic (exact) mass is 360 g/mol. The summed E-state index contributed by atoms with van der Waals surface area (Å²) in [7, 11) is 1.73. The molecule has 3 N–H and O–H groups in total. The quantitative estimate of drug-likeness (QED) is 0.772. The minimum atomic E-state index is -0.233. The number of carbonyl (C=O) groups excluding carboxylic acids is 3. The number of fused-ring (bicyclic) bond motifs is 1. The molecule has 26 heavy (non-hydrogen) atoms. The van der Waals surface area contributed by atoms with Gasteiger partial charge in [0, 0.05) is 32.5 Å². The molecule has 0 radical (unpaired) electrons. The number of nitrogens with one attached hydrogen (secondary N) is 1. The number of carbonyl (C=O) groups is 3. The van der Waals surface area contributed by atoms with Crippen molar-refractivity contribution in [1.29, 1.82) is 0 Å². The Morgan fingerprint density at radius 3 is 2.65 bits per heavy atom. The van der Waals surface area contributed by atoms with Gasteiger partial charge < -0.3 is 20.9 Å². The van der Waals surface area contributed by atoms with Crippen LogP contribution in [0.25, 0.3) is 0 Å². The number of anilines is 2. The van der Waals surface area contributed by atoms with Crippen molar-refractivity contribution in [3.05, 3.63) is 24.3 Å². The van der Waals surface area contributed by atoms with Crippen LogP contribution in [0.1, 0.15) is 33.1 Å². The first-order chi connectivity index (χ1) is 12.3. The summed E-state index contributed by atoms with van der Waals surface area (Å²) in [5.41, 5.74) is 7.29. The van der Waals surface area contributed by atoms with E-state index in [1.54, 1.807) is 30.1 Å². The first-order valence-electron chi connectivity index (χ1n) is 8.98. The Hall–Kier alpha value is -2.41. The van der Waals surface area contributed by atoms with Gasteiger partial charge in [0.25, 0.3) is 0 Å². The number of rotatable bonds is 7. The van der Waals surface area contributed by atoms with Gasteiger partial charge in [-0.05, 0) is 24.5 Å². The highest BCUT2D eigenvalue weighted by molar-refractivity contribution is 6.10. The summed E-state index contributed by atoms with van der Waals surface area (Å²) >= 11 is 0. The van der Waals surface area contributed by atoms with Crippen molar-refractivity contribution in [3.63, 3.8) is 0 Å². The van der Waals surface area contributed by atoms with Crippen LogP contribution < -0.4 is 16.0 Å². The highest BCUT2D eigenvalue weighted by Crippen LogP contribution is 2.29. The van der Waals surface area contributed by atoms with Crippen LogP contribution in [0, 0.1) is 5.92 Å². The van der Waals surface area contributed by atoms with Gasteiger partial charge in [-0.3, -0.25) is 14.4 Å². The Morgan fingerprint density at radius 2 is 1.96 bits per heavy atom. The highest BCUT2D eigenvalue weighted by atomic mass is 16.2. The lowest BCUT2D eigenvalue weighted by atomic mass is 10.0. The van der Waals surface area contributed by atoms with E-state index in [2.05, 4.69) is 19.2 Å². The van der Waals surface area contributed by atoms with Gasteiger partial charge in [0.1, 0.15) is 6.54 Å². The average Bonchev–Trinajstić information content (AvgIpc) is 2.62. The predicted molar refractivity (Wildman–Crippen MR) is 102 cm³/mol. The number of hydrogen-bond acceptors (Lipinski definition) is 4. The number of nitrogens with two attached hydrogens (primary N) is 1. The van der Waals surface area contributed by atoms with Crippen molar-refractivity contribution >= 4 is 29.1 Å². The molecule has 7 heteroatoms. The molecule has 7 nitrogen and oxygen atoms in total. The van der Waals surface area contributed by atoms with Crippen LogP contribution in [-0.4, -0.2) is 48.8 Å². The van der Waals surface area contributed by atoms with E-state index in [0.717, 1.165) is 6.42 Å². The Morgan fingerprint density at radius 1 is 1.27 bits per heavy atom. The number of hydrogen-bond donors (Lipinski definition) is 2. The van der Waals surface area contributed by atoms with Crippen LogP contribution in [0.3, 0.4) is 0 Å². The first-order valence-corrected chi connectivity index (χ1v) is 8.98. The Bertz CT molecular complexity index is 675. The van der Waals surface area contributed by atoms with Crippen molar-refractivity contribution in [2.24, 2.45) is 11.7 Å². The lowest BCUT2D eigenvalue weighted by molar-refractivity contribution is -0.132. The largest absolute Gasteiger partial charge is 0.346 e. The second kappa shape index (κ2) is 8.80. The van der Waals surface area contributed by atoms with Crippen molar-refractivity contribution in [2.45, 2.75) is 39.2 Å². The smallest absolute Gasteiger partial charge is 0.244 e. The van der Waals surface area contributed by atoms with E-state index in [1.165, 1.54) is 4.90 Å². The molecule has 0 saturated heterocycles. The van der Waals surface area contributed by atoms with Gasteiger partial charge in [-0.25, -0.2) is 0 Å². The number of benzene rings is 1. The standard InChI is InChI=1S/C19H28N4O3/c1-13(2)14(20)10-11-22(3)18(25)8-9-19(26)23-12-17(24)21-15-6-4-5-7-16(15)23/h4-7,13-14H,8-12,20H2,1-3H3,(H,21,24). The third-order valence-corrected chi connectivity index (χ3v) is 4.70. The molecule has 0 spiro atoms. The Kier molecular flexibility index (Phi) is 6.74. The van der Waals surface area contributed by atoms with E-state index in [9.17, 15) is 14.4 Å². The number of nitrogens with zero attached hydrogens (tertiary/aromatic N) is 2. The molecule has 3 amide bonds. The molecule has 2 rings (SSSR count). The molecule has 1 heterocycles. The third kappa shape index (κ3) is 5.05. The molecule has 142 valence electrons. The lowest BCUT2D eigenvalue weighted by Gasteiger charge is -2.29. The summed E-state index contributed by atoms with van der Waals surface area (Å²) < 4.78 is 0. The van der Waals surface area contributed by atoms with Crippen molar-refractivity contribution in [1.82, 2.24) is 4.90 Å². The SMILES string of the molecule is CC(C)C(N)CCN(C)C(=O)CCC(=O)N1CC(=O)Nc2ccccc21. The fourth-order valence-electron chi connectivity index (χ4n) is 2.80. The maximum Gasteiger partial charge on any atom is 0.244 e. The molecule has 0 fully saturated rings.